The third-order valence-electron chi connectivity index (χ3n) is 1.73. The van der Waals surface area contributed by atoms with E-state index in [0.29, 0.717) is 17.2 Å². The van der Waals surface area contributed by atoms with Gasteiger partial charge in [0.15, 0.2) is 0 Å². The fourth-order valence-corrected chi connectivity index (χ4v) is 0.964. The fourth-order valence-electron chi connectivity index (χ4n) is 0.964. The van der Waals surface area contributed by atoms with Crippen LogP contribution in [0.3, 0.4) is 0 Å². The van der Waals surface area contributed by atoms with Crippen molar-refractivity contribution < 1.29 is 0 Å². The largest absolute Gasteiger partial charge is 0.404 e. The zero-order chi connectivity index (χ0) is 12.6. The molecule has 0 aromatic carbocycles. The molecule has 0 fully saturated rings. The van der Waals surface area contributed by atoms with Crippen LogP contribution in [0.1, 0.15) is 25.2 Å². The molecule has 0 saturated carbocycles. The summed E-state index contributed by atoms with van der Waals surface area (Å²) in [6.45, 7) is 5.79. The van der Waals surface area contributed by atoms with Crippen molar-refractivity contribution in [3.63, 3.8) is 0 Å². The van der Waals surface area contributed by atoms with Gasteiger partial charge in [-0.1, -0.05) is 13.8 Å². The average molecular weight is 221 g/mol. The van der Waals surface area contributed by atoms with Gasteiger partial charge in [-0.2, -0.15) is 0 Å². The molecular weight excluding hydrogens is 202 g/mol. The molecule has 4 N–H and O–H groups in total. The monoisotopic (exact) mass is 221 g/mol. The van der Waals surface area contributed by atoms with Crippen molar-refractivity contribution >= 4 is 17.6 Å². The Labute approximate surface area is 96.3 Å². The summed E-state index contributed by atoms with van der Waals surface area (Å²) in [4.78, 5) is 12.1. The van der Waals surface area contributed by atoms with Crippen LogP contribution >= 0.6 is 0 Å². The first kappa shape index (κ1) is 14.1. The summed E-state index contributed by atoms with van der Waals surface area (Å²) in [5.41, 5.74) is 13.1. The predicted molar refractivity (Wildman–Crippen MR) is 69.1 cm³/mol. The smallest absolute Gasteiger partial charge is 0.144 e. The Morgan fingerprint density at radius 2 is 2.06 bits per heavy atom. The van der Waals surface area contributed by atoms with Crippen LogP contribution in [0.4, 0.5) is 5.82 Å². The van der Waals surface area contributed by atoms with Crippen LogP contribution < -0.4 is 11.5 Å². The van der Waals surface area contributed by atoms with Crippen LogP contribution in [0.25, 0.3) is 5.57 Å². The second-order valence-corrected chi connectivity index (χ2v) is 2.74. The molecule has 5 nitrogen and oxygen atoms in total. The van der Waals surface area contributed by atoms with Crippen LogP contribution in [0.5, 0.6) is 0 Å². The number of aromatic nitrogens is 2. The second-order valence-electron chi connectivity index (χ2n) is 2.74. The van der Waals surface area contributed by atoms with Crippen molar-refractivity contribution in [3.05, 3.63) is 23.8 Å². The van der Waals surface area contributed by atoms with E-state index in [-0.39, 0.29) is 0 Å². The standard InChI is InChI=1S/C9H13N5.C2H6/c1-6-9(11)13-5-8(14-6)7(3-10)4-12-2;1-2/h3-5H,10H2,1-2H3,(H2,11,13);1-2H3/b7-3+,12-4?;. The molecule has 0 aliphatic heterocycles. The first-order valence-corrected chi connectivity index (χ1v) is 5.12. The van der Waals surface area contributed by atoms with E-state index >= 15 is 0 Å². The van der Waals surface area contributed by atoms with Gasteiger partial charge in [0.1, 0.15) is 5.82 Å². The minimum Gasteiger partial charge on any atom is -0.404 e. The molecular formula is C11H19N5. The zero-order valence-corrected chi connectivity index (χ0v) is 10.2. The van der Waals surface area contributed by atoms with Crippen molar-refractivity contribution in [2.45, 2.75) is 20.8 Å². The highest BCUT2D eigenvalue weighted by molar-refractivity contribution is 6.08. The van der Waals surface area contributed by atoms with Crippen molar-refractivity contribution in [2.75, 3.05) is 12.8 Å². The maximum Gasteiger partial charge on any atom is 0.144 e. The van der Waals surface area contributed by atoms with E-state index in [9.17, 15) is 0 Å². The van der Waals surface area contributed by atoms with Gasteiger partial charge in [0.05, 0.1) is 17.6 Å². The molecule has 0 spiro atoms. The van der Waals surface area contributed by atoms with Crippen LogP contribution in [0.15, 0.2) is 17.4 Å². The van der Waals surface area contributed by atoms with Crippen LogP contribution in [0, 0.1) is 6.92 Å². The van der Waals surface area contributed by atoms with Gasteiger partial charge >= 0.3 is 0 Å². The quantitative estimate of drug-likeness (QED) is 0.738. The molecule has 16 heavy (non-hydrogen) atoms. The van der Waals surface area contributed by atoms with Gasteiger partial charge in [0.2, 0.25) is 0 Å². The Morgan fingerprint density at radius 3 is 2.50 bits per heavy atom. The molecule has 5 heteroatoms. The molecule has 0 atom stereocenters. The van der Waals surface area contributed by atoms with E-state index in [2.05, 4.69) is 15.0 Å². The number of nitrogens with two attached hydrogens (primary N) is 2. The van der Waals surface area contributed by atoms with Crippen LogP contribution in [-0.4, -0.2) is 23.2 Å². The SMILES string of the molecule is CC.CN=C/C(=C\N)c1cnc(N)c(C)n1. The first-order chi connectivity index (χ1) is 7.69. The highest BCUT2D eigenvalue weighted by Gasteiger charge is 2.03. The van der Waals surface area contributed by atoms with E-state index in [1.165, 1.54) is 6.20 Å². The van der Waals surface area contributed by atoms with Crippen molar-refractivity contribution in [1.82, 2.24) is 9.97 Å². The van der Waals surface area contributed by atoms with Gasteiger partial charge in [-0.3, -0.25) is 4.99 Å². The number of hydrogen-bond donors (Lipinski definition) is 2. The summed E-state index contributed by atoms with van der Waals surface area (Å²) in [6.07, 6.45) is 4.63. The Kier molecular flexibility index (Phi) is 6.51. The number of aryl methyl sites for hydroxylation is 1. The number of nitrogen functional groups attached to an aromatic ring is 1. The molecule has 1 aromatic rings. The van der Waals surface area contributed by atoms with Gasteiger partial charge in [-0.05, 0) is 6.92 Å². The lowest BCUT2D eigenvalue weighted by atomic mass is 10.2. The maximum absolute atomic E-state index is 5.55. The van der Waals surface area contributed by atoms with Crippen molar-refractivity contribution in [1.29, 1.82) is 0 Å². The summed E-state index contributed by atoms with van der Waals surface area (Å²) in [5.74, 6) is 0.429. The van der Waals surface area contributed by atoms with E-state index in [1.54, 1.807) is 26.4 Å². The molecule has 0 aliphatic carbocycles. The lowest BCUT2D eigenvalue weighted by Crippen LogP contribution is -2.02. The topological polar surface area (TPSA) is 90.2 Å². The van der Waals surface area contributed by atoms with Gasteiger partial charge in [0.25, 0.3) is 0 Å². The zero-order valence-electron chi connectivity index (χ0n) is 10.2. The highest BCUT2D eigenvalue weighted by Crippen LogP contribution is 2.10. The van der Waals surface area contributed by atoms with Crippen molar-refractivity contribution in [3.8, 4) is 0 Å². The Bertz CT molecular complexity index is 382. The number of allylic oxidation sites excluding steroid dienone is 1. The fraction of sp³-hybridized carbons (Fsp3) is 0.364. The maximum atomic E-state index is 5.55. The molecule has 1 heterocycles. The number of hydrogen-bond acceptors (Lipinski definition) is 5. The number of anilines is 1. The normalized spacial score (nSPS) is 11.1. The number of nitrogens with zero attached hydrogens (tertiary/aromatic N) is 3. The summed E-state index contributed by atoms with van der Waals surface area (Å²) in [6, 6.07) is 0. The average Bonchev–Trinajstić information content (AvgIpc) is 2.32. The minimum absolute atomic E-state index is 0.429. The van der Waals surface area contributed by atoms with E-state index in [1.807, 2.05) is 13.8 Å². The molecule has 0 radical (unpaired) electrons. The summed E-state index contributed by atoms with van der Waals surface area (Å²) >= 11 is 0. The number of aliphatic imine (C=N–C) groups is 1. The molecule has 1 aromatic heterocycles. The Hall–Kier alpha value is -1.91. The highest BCUT2D eigenvalue weighted by atomic mass is 14.9. The molecule has 1 rings (SSSR count). The summed E-state index contributed by atoms with van der Waals surface area (Å²) in [5, 5.41) is 0. The van der Waals surface area contributed by atoms with Crippen molar-refractivity contribution in [2.24, 2.45) is 10.7 Å². The lowest BCUT2D eigenvalue weighted by Gasteiger charge is -2.02. The van der Waals surface area contributed by atoms with Gasteiger partial charge < -0.3 is 11.5 Å². The number of rotatable bonds is 2. The van der Waals surface area contributed by atoms with Crippen LogP contribution in [-0.2, 0) is 0 Å². The van der Waals surface area contributed by atoms with Gasteiger partial charge in [0, 0.05) is 25.0 Å². The predicted octanol–water partition coefficient (Wildman–Crippen LogP) is 1.39. The van der Waals surface area contributed by atoms with E-state index < -0.39 is 0 Å². The molecule has 0 bridgehead atoms. The summed E-state index contributed by atoms with van der Waals surface area (Å²) < 4.78 is 0. The molecule has 88 valence electrons. The Morgan fingerprint density at radius 1 is 1.44 bits per heavy atom. The second kappa shape index (κ2) is 7.39. The molecule has 0 aliphatic rings. The van der Waals surface area contributed by atoms with Gasteiger partial charge in [-0.15, -0.1) is 0 Å². The third-order valence-corrected chi connectivity index (χ3v) is 1.73. The third kappa shape index (κ3) is 3.68. The van der Waals surface area contributed by atoms with E-state index in [4.69, 9.17) is 11.5 Å². The minimum atomic E-state index is 0.429. The molecule has 0 unspecified atom stereocenters. The Balaban J connectivity index is 0.00000106. The van der Waals surface area contributed by atoms with Gasteiger partial charge in [-0.25, -0.2) is 9.97 Å². The summed E-state index contributed by atoms with van der Waals surface area (Å²) in [7, 11) is 1.67. The first-order valence-electron chi connectivity index (χ1n) is 5.12. The van der Waals surface area contributed by atoms with Crippen LogP contribution in [0.2, 0.25) is 0 Å². The van der Waals surface area contributed by atoms with E-state index in [0.717, 1.165) is 5.57 Å². The lowest BCUT2D eigenvalue weighted by molar-refractivity contribution is 1.11. The molecule has 0 saturated heterocycles. The molecule has 0 amide bonds.